The van der Waals surface area contributed by atoms with Gasteiger partial charge in [0.1, 0.15) is 11.3 Å². The number of aliphatic carboxylic acids is 1. The second-order valence-electron chi connectivity index (χ2n) is 6.11. The second kappa shape index (κ2) is 8.93. The normalized spacial score (nSPS) is 11.1. The summed E-state index contributed by atoms with van der Waals surface area (Å²) in [6.45, 7) is 1.81. The minimum atomic E-state index is -1.16. The number of aryl methyl sites for hydroxylation is 1. The molecule has 1 N–H and O–H groups in total. The fraction of sp³-hybridized carbons (Fsp3) is 0.0870. The summed E-state index contributed by atoms with van der Waals surface area (Å²) in [6, 6.07) is 18.0. The molecule has 0 heterocycles. The summed E-state index contributed by atoms with van der Waals surface area (Å²) in [5.41, 5.74) is 1.00. The highest BCUT2D eigenvalue weighted by molar-refractivity contribution is 6.15. The van der Waals surface area contributed by atoms with Crippen LogP contribution in [0.15, 0.2) is 73.0 Å². The molecule has 0 spiro atoms. The number of rotatable bonds is 7. The fourth-order valence-corrected chi connectivity index (χ4v) is 2.72. The van der Waals surface area contributed by atoms with Gasteiger partial charge in [-0.15, -0.1) is 0 Å². The Bertz CT molecular complexity index is 1060. The molecule has 0 fully saturated rings. The average Bonchev–Trinajstić information content (AvgIpc) is 2.70. The minimum Gasteiger partial charge on any atom is -0.503 e. The van der Waals surface area contributed by atoms with E-state index in [1.54, 1.807) is 48.5 Å². The maximum absolute atomic E-state index is 14.1. The Morgan fingerprint density at radius 3 is 2.24 bits per heavy atom. The van der Waals surface area contributed by atoms with E-state index in [1.165, 1.54) is 19.2 Å². The molecule has 0 radical (unpaired) electrons. The Morgan fingerprint density at radius 1 is 0.897 bits per heavy atom. The third-order valence-corrected chi connectivity index (χ3v) is 4.09. The van der Waals surface area contributed by atoms with Crippen LogP contribution in [0.25, 0.3) is 5.57 Å². The van der Waals surface area contributed by atoms with E-state index < -0.39 is 11.8 Å². The van der Waals surface area contributed by atoms with Crippen LogP contribution in [0.2, 0.25) is 0 Å². The molecule has 6 heteroatoms. The molecule has 5 nitrogen and oxygen atoms in total. The first-order valence-electron chi connectivity index (χ1n) is 8.76. The van der Waals surface area contributed by atoms with E-state index in [2.05, 4.69) is 0 Å². The first kappa shape index (κ1) is 19.9. The highest BCUT2D eigenvalue weighted by Gasteiger charge is 2.19. The van der Waals surface area contributed by atoms with Crippen molar-refractivity contribution in [3.05, 3.63) is 89.9 Å². The monoisotopic (exact) mass is 394 g/mol. The van der Waals surface area contributed by atoms with Crippen LogP contribution >= 0.6 is 0 Å². The molecule has 29 heavy (non-hydrogen) atoms. The predicted octanol–water partition coefficient (Wildman–Crippen LogP) is 5.79. The number of carboxylic acids is 1. The summed E-state index contributed by atoms with van der Waals surface area (Å²) in [5, 5.41) is 9.50. The predicted molar refractivity (Wildman–Crippen MR) is 107 cm³/mol. The molecule has 0 amide bonds. The van der Waals surface area contributed by atoms with E-state index in [0.717, 1.165) is 11.8 Å². The van der Waals surface area contributed by atoms with Crippen LogP contribution in [0.4, 0.5) is 4.39 Å². The van der Waals surface area contributed by atoms with Crippen molar-refractivity contribution in [3.63, 3.8) is 0 Å². The van der Waals surface area contributed by atoms with Gasteiger partial charge in [-0.2, -0.15) is 0 Å². The number of methoxy groups -OCH3 is 1. The maximum Gasteiger partial charge on any atom is 0.339 e. The minimum absolute atomic E-state index is 0.0606. The summed E-state index contributed by atoms with van der Waals surface area (Å²) < 4.78 is 30.7. The highest BCUT2D eigenvalue weighted by atomic mass is 19.1. The van der Waals surface area contributed by atoms with Gasteiger partial charge in [-0.25, -0.2) is 9.18 Å². The zero-order valence-electron chi connectivity index (χ0n) is 15.9. The smallest absolute Gasteiger partial charge is 0.339 e. The lowest BCUT2D eigenvalue weighted by atomic mass is 10.1. The van der Waals surface area contributed by atoms with Crippen molar-refractivity contribution >= 4 is 11.5 Å². The molecule has 0 atom stereocenters. The zero-order valence-corrected chi connectivity index (χ0v) is 15.9. The third-order valence-electron chi connectivity index (χ3n) is 4.09. The topological polar surface area (TPSA) is 65.0 Å². The number of benzene rings is 3. The molecule has 0 aromatic heterocycles. The van der Waals surface area contributed by atoms with Gasteiger partial charge in [0.25, 0.3) is 0 Å². The zero-order chi connectivity index (χ0) is 20.8. The molecule has 0 unspecified atom stereocenters. The SMILES string of the molecule is CO/C=C(/C(=O)O)c1ccccc1Oc1cccc(C)c1Oc1ccccc1F. The van der Waals surface area contributed by atoms with Crippen LogP contribution in [0, 0.1) is 12.7 Å². The number of halogens is 1. The van der Waals surface area contributed by atoms with Crippen molar-refractivity contribution in [2.45, 2.75) is 6.92 Å². The molecule has 0 aliphatic carbocycles. The molecule has 0 aliphatic rings. The number of carbonyl (C=O) groups is 1. The van der Waals surface area contributed by atoms with Crippen LogP contribution in [-0.4, -0.2) is 18.2 Å². The van der Waals surface area contributed by atoms with Gasteiger partial charge >= 0.3 is 5.97 Å². The molecule has 3 rings (SSSR count). The molecular weight excluding hydrogens is 375 g/mol. The van der Waals surface area contributed by atoms with Gasteiger partial charge in [0.15, 0.2) is 23.1 Å². The van der Waals surface area contributed by atoms with Crippen LogP contribution < -0.4 is 9.47 Å². The molecule has 148 valence electrons. The lowest BCUT2D eigenvalue weighted by Gasteiger charge is -2.16. The van der Waals surface area contributed by atoms with E-state index in [1.807, 2.05) is 13.0 Å². The summed E-state index contributed by atoms with van der Waals surface area (Å²) >= 11 is 0. The molecule has 0 saturated heterocycles. The lowest BCUT2D eigenvalue weighted by Crippen LogP contribution is -2.03. The van der Waals surface area contributed by atoms with Crippen LogP contribution in [0.5, 0.6) is 23.0 Å². The standard InChI is InChI=1S/C23H19FO5/c1-15-8-7-13-21(22(15)29-20-12-6-4-10-18(20)24)28-19-11-5-3-9-16(19)17(14-27-2)23(25)26/h3-14H,1-2H3,(H,25,26)/b17-14+. The van der Waals surface area contributed by atoms with Crippen molar-refractivity contribution in [1.29, 1.82) is 0 Å². The molecule has 3 aromatic rings. The Balaban J connectivity index is 2.03. The van der Waals surface area contributed by atoms with Crippen molar-refractivity contribution in [2.24, 2.45) is 0 Å². The van der Waals surface area contributed by atoms with Gasteiger partial charge in [0.05, 0.1) is 13.4 Å². The molecule has 0 bridgehead atoms. The van der Waals surface area contributed by atoms with Crippen LogP contribution in [-0.2, 0) is 9.53 Å². The summed E-state index contributed by atoms with van der Waals surface area (Å²) in [4.78, 5) is 11.6. The van der Waals surface area contributed by atoms with Crippen molar-refractivity contribution in [3.8, 4) is 23.0 Å². The quantitative estimate of drug-likeness (QED) is 0.406. The molecule has 3 aromatic carbocycles. The largest absolute Gasteiger partial charge is 0.503 e. The Morgan fingerprint density at radius 2 is 1.55 bits per heavy atom. The van der Waals surface area contributed by atoms with Crippen LogP contribution in [0.3, 0.4) is 0 Å². The van der Waals surface area contributed by atoms with E-state index >= 15 is 0 Å². The first-order chi connectivity index (χ1) is 14.0. The fourth-order valence-electron chi connectivity index (χ4n) is 2.72. The van der Waals surface area contributed by atoms with E-state index in [0.29, 0.717) is 22.8 Å². The number of carboxylic acid groups (broad SMARTS) is 1. The Labute approximate surface area is 167 Å². The van der Waals surface area contributed by atoms with Gasteiger partial charge in [-0.1, -0.05) is 42.5 Å². The Hall–Kier alpha value is -3.80. The van der Waals surface area contributed by atoms with E-state index in [4.69, 9.17) is 14.2 Å². The molecule has 0 aliphatic heterocycles. The van der Waals surface area contributed by atoms with E-state index in [9.17, 15) is 14.3 Å². The first-order valence-corrected chi connectivity index (χ1v) is 8.76. The van der Waals surface area contributed by atoms with Gasteiger partial charge < -0.3 is 19.3 Å². The van der Waals surface area contributed by atoms with Gasteiger partial charge in [-0.3, -0.25) is 0 Å². The second-order valence-corrected chi connectivity index (χ2v) is 6.11. The summed E-state index contributed by atoms with van der Waals surface area (Å²) in [7, 11) is 1.37. The summed E-state index contributed by atoms with van der Waals surface area (Å²) in [5.74, 6) is -0.649. The van der Waals surface area contributed by atoms with Crippen LogP contribution in [0.1, 0.15) is 11.1 Å². The van der Waals surface area contributed by atoms with Crippen molar-refractivity contribution in [2.75, 3.05) is 7.11 Å². The van der Waals surface area contributed by atoms with Gasteiger partial charge in [0, 0.05) is 5.56 Å². The third kappa shape index (κ3) is 4.55. The molecular formula is C23H19FO5. The molecule has 0 saturated carbocycles. The van der Waals surface area contributed by atoms with Gasteiger partial charge in [-0.05, 0) is 36.8 Å². The van der Waals surface area contributed by atoms with E-state index in [-0.39, 0.29) is 11.3 Å². The van der Waals surface area contributed by atoms with Crippen molar-refractivity contribution < 1.29 is 28.5 Å². The number of hydrogen-bond donors (Lipinski definition) is 1. The van der Waals surface area contributed by atoms with Gasteiger partial charge in [0.2, 0.25) is 0 Å². The average molecular weight is 394 g/mol. The lowest BCUT2D eigenvalue weighted by molar-refractivity contribution is -0.130. The number of ether oxygens (including phenoxy) is 3. The number of para-hydroxylation sites is 3. The number of hydrogen-bond acceptors (Lipinski definition) is 4. The maximum atomic E-state index is 14.1. The summed E-state index contributed by atoms with van der Waals surface area (Å²) in [6.07, 6.45) is 1.14. The van der Waals surface area contributed by atoms with Crippen molar-refractivity contribution in [1.82, 2.24) is 0 Å². The Kier molecular flexibility index (Phi) is 6.14. The highest BCUT2D eigenvalue weighted by Crippen LogP contribution is 2.40.